The Morgan fingerprint density at radius 1 is 1.38 bits per heavy atom. The summed E-state index contributed by atoms with van der Waals surface area (Å²) in [5.74, 6) is 0.227. The van der Waals surface area contributed by atoms with Crippen molar-refractivity contribution in [2.75, 3.05) is 13.6 Å². The number of aryl methyl sites for hydroxylation is 1. The Kier molecular flexibility index (Phi) is 5.54. The van der Waals surface area contributed by atoms with Gasteiger partial charge in [0.05, 0.1) is 0 Å². The summed E-state index contributed by atoms with van der Waals surface area (Å²) in [6.45, 7) is 3.00. The van der Waals surface area contributed by atoms with Gasteiger partial charge in [-0.3, -0.25) is 9.78 Å². The molecular formula is C13H20N2O. The number of unbranched alkanes of at least 4 members (excludes halogenated alkanes) is 1. The number of carbonyl (C=O) groups is 1. The van der Waals surface area contributed by atoms with Gasteiger partial charge in [-0.1, -0.05) is 13.3 Å². The smallest absolute Gasteiger partial charge is 0.222 e. The van der Waals surface area contributed by atoms with Crippen molar-refractivity contribution in [1.82, 2.24) is 9.88 Å². The van der Waals surface area contributed by atoms with Crippen molar-refractivity contribution in [3.63, 3.8) is 0 Å². The Labute approximate surface area is 97.5 Å². The van der Waals surface area contributed by atoms with E-state index in [1.165, 1.54) is 5.56 Å². The summed E-state index contributed by atoms with van der Waals surface area (Å²) in [4.78, 5) is 17.5. The number of hydrogen-bond donors (Lipinski definition) is 0. The van der Waals surface area contributed by atoms with Crippen LogP contribution < -0.4 is 0 Å². The normalized spacial score (nSPS) is 10.1. The van der Waals surface area contributed by atoms with Gasteiger partial charge in [0, 0.05) is 32.4 Å². The van der Waals surface area contributed by atoms with Crippen LogP contribution in [-0.2, 0) is 11.2 Å². The van der Waals surface area contributed by atoms with Crippen molar-refractivity contribution in [2.45, 2.75) is 32.6 Å². The average Bonchev–Trinajstić information content (AvgIpc) is 2.34. The number of aromatic nitrogens is 1. The molecule has 0 aliphatic rings. The van der Waals surface area contributed by atoms with Gasteiger partial charge in [0.2, 0.25) is 5.91 Å². The summed E-state index contributed by atoms with van der Waals surface area (Å²) in [7, 11) is 1.88. The standard InChI is InChI=1S/C13H20N2O/c1-3-4-11-15(2)13(16)6-5-12-7-9-14-10-8-12/h7-10H,3-6,11H2,1-2H3. The first-order valence-corrected chi connectivity index (χ1v) is 5.87. The van der Waals surface area contributed by atoms with Gasteiger partial charge in [0.1, 0.15) is 0 Å². The van der Waals surface area contributed by atoms with Gasteiger partial charge in [0.25, 0.3) is 0 Å². The lowest BCUT2D eigenvalue weighted by Gasteiger charge is -2.16. The Bertz CT molecular complexity index is 311. The van der Waals surface area contributed by atoms with Crippen LogP contribution in [-0.4, -0.2) is 29.4 Å². The Morgan fingerprint density at radius 3 is 2.69 bits per heavy atom. The molecule has 0 aromatic carbocycles. The van der Waals surface area contributed by atoms with E-state index in [0.29, 0.717) is 6.42 Å². The van der Waals surface area contributed by atoms with Crippen LogP contribution in [0.15, 0.2) is 24.5 Å². The summed E-state index contributed by atoms with van der Waals surface area (Å²) >= 11 is 0. The van der Waals surface area contributed by atoms with Crippen LogP contribution in [0.5, 0.6) is 0 Å². The molecule has 0 bridgehead atoms. The molecule has 0 saturated heterocycles. The topological polar surface area (TPSA) is 33.2 Å². The van der Waals surface area contributed by atoms with E-state index in [4.69, 9.17) is 0 Å². The zero-order valence-electron chi connectivity index (χ0n) is 10.1. The molecule has 3 nitrogen and oxygen atoms in total. The molecule has 0 saturated carbocycles. The highest BCUT2D eigenvalue weighted by atomic mass is 16.2. The van der Waals surface area contributed by atoms with E-state index >= 15 is 0 Å². The van der Waals surface area contributed by atoms with Gasteiger partial charge in [-0.2, -0.15) is 0 Å². The third-order valence-corrected chi connectivity index (χ3v) is 2.65. The van der Waals surface area contributed by atoms with Crippen molar-refractivity contribution in [1.29, 1.82) is 0 Å². The predicted octanol–water partition coefficient (Wildman–Crippen LogP) is 2.27. The summed E-state index contributed by atoms with van der Waals surface area (Å²) in [6, 6.07) is 3.92. The van der Waals surface area contributed by atoms with Crippen molar-refractivity contribution in [2.24, 2.45) is 0 Å². The zero-order chi connectivity index (χ0) is 11.8. The second-order valence-corrected chi connectivity index (χ2v) is 4.02. The quantitative estimate of drug-likeness (QED) is 0.737. The lowest BCUT2D eigenvalue weighted by molar-refractivity contribution is -0.129. The monoisotopic (exact) mass is 220 g/mol. The van der Waals surface area contributed by atoms with Crippen molar-refractivity contribution >= 4 is 5.91 Å². The lowest BCUT2D eigenvalue weighted by atomic mass is 10.1. The second-order valence-electron chi connectivity index (χ2n) is 4.02. The van der Waals surface area contributed by atoms with Crippen LogP contribution in [0.3, 0.4) is 0 Å². The largest absolute Gasteiger partial charge is 0.346 e. The molecule has 0 radical (unpaired) electrons. The summed E-state index contributed by atoms with van der Waals surface area (Å²) in [6.07, 6.45) is 7.13. The van der Waals surface area contributed by atoms with E-state index in [1.807, 2.05) is 24.1 Å². The molecule has 0 unspecified atom stereocenters. The first kappa shape index (κ1) is 12.7. The molecule has 0 spiro atoms. The Morgan fingerprint density at radius 2 is 2.06 bits per heavy atom. The van der Waals surface area contributed by atoms with Crippen molar-refractivity contribution in [3.8, 4) is 0 Å². The maximum absolute atomic E-state index is 11.7. The van der Waals surface area contributed by atoms with E-state index in [-0.39, 0.29) is 5.91 Å². The fourth-order valence-electron chi connectivity index (χ4n) is 1.51. The molecule has 0 fully saturated rings. The number of carbonyl (C=O) groups excluding carboxylic acids is 1. The molecule has 1 heterocycles. The van der Waals surface area contributed by atoms with Crippen LogP contribution in [0.2, 0.25) is 0 Å². The summed E-state index contributed by atoms with van der Waals surface area (Å²) in [5.41, 5.74) is 1.17. The van der Waals surface area contributed by atoms with Crippen LogP contribution in [0.4, 0.5) is 0 Å². The highest BCUT2D eigenvalue weighted by Crippen LogP contribution is 2.03. The van der Waals surface area contributed by atoms with Crippen LogP contribution in [0.1, 0.15) is 31.7 Å². The molecule has 3 heteroatoms. The molecule has 0 atom stereocenters. The highest BCUT2D eigenvalue weighted by molar-refractivity contribution is 5.76. The predicted molar refractivity (Wildman–Crippen MR) is 65.1 cm³/mol. The van der Waals surface area contributed by atoms with Crippen LogP contribution in [0, 0.1) is 0 Å². The minimum absolute atomic E-state index is 0.227. The molecule has 1 rings (SSSR count). The fourth-order valence-corrected chi connectivity index (χ4v) is 1.51. The fraction of sp³-hybridized carbons (Fsp3) is 0.538. The van der Waals surface area contributed by atoms with Crippen LogP contribution >= 0.6 is 0 Å². The maximum atomic E-state index is 11.7. The van der Waals surface area contributed by atoms with Crippen molar-refractivity contribution in [3.05, 3.63) is 30.1 Å². The molecule has 1 aromatic heterocycles. The third-order valence-electron chi connectivity index (χ3n) is 2.65. The number of nitrogens with zero attached hydrogens (tertiary/aromatic N) is 2. The molecule has 0 aliphatic carbocycles. The number of rotatable bonds is 6. The summed E-state index contributed by atoms with van der Waals surface area (Å²) < 4.78 is 0. The number of pyridine rings is 1. The summed E-state index contributed by atoms with van der Waals surface area (Å²) in [5, 5.41) is 0. The Balaban J connectivity index is 2.29. The second kappa shape index (κ2) is 6.99. The highest BCUT2D eigenvalue weighted by Gasteiger charge is 2.07. The number of hydrogen-bond acceptors (Lipinski definition) is 2. The van der Waals surface area contributed by atoms with E-state index in [0.717, 1.165) is 25.8 Å². The maximum Gasteiger partial charge on any atom is 0.222 e. The SMILES string of the molecule is CCCCN(C)C(=O)CCc1ccncc1. The van der Waals surface area contributed by atoms with Gasteiger partial charge < -0.3 is 4.90 Å². The molecule has 1 amide bonds. The van der Waals surface area contributed by atoms with Gasteiger partial charge in [0.15, 0.2) is 0 Å². The number of amides is 1. The van der Waals surface area contributed by atoms with Gasteiger partial charge in [-0.25, -0.2) is 0 Å². The Hall–Kier alpha value is -1.38. The molecule has 16 heavy (non-hydrogen) atoms. The molecule has 0 aliphatic heterocycles. The minimum Gasteiger partial charge on any atom is -0.346 e. The van der Waals surface area contributed by atoms with E-state index < -0.39 is 0 Å². The lowest BCUT2D eigenvalue weighted by Crippen LogP contribution is -2.27. The van der Waals surface area contributed by atoms with Gasteiger partial charge in [-0.05, 0) is 30.5 Å². The first-order valence-electron chi connectivity index (χ1n) is 5.87. The third kappa shape index (κ3) is 4.43. The van der Waals surface area contributed by atoms with Gasteiger partial charge >= 0.3 is 0 Å². The molecule has 0 N–H and O–H groups in total. The molecule has 1 aromatic rings. The zero-order valence-corrected chi connectivity index (χ0v) is 10.1. The van der Waals surface area contributed by atoms with E-state index in [2.05, 4.69) is 11.9 Å². The minimum atomic E-state index is 0.227. The first-order chi connectivity index (χ1) is 7.74. The van der Waals surface area contributed by atoms with E-state index in [9.17, 15) is 4.79 Å². The average molecular weight is 220 g/mol. The van der Waals surface area contributed by atoms with Gasteiger partial charge in [-0.15, -0.1) is 0 Å². The molecule has 88 valence electrons. The van der Waals surface area contributed by atoms with E-state index in [1.54, 1.807) is 12.4 Å². The van der Waals surface area contributed by atoms with Crippen molar-refractivity contribution < 1.29 is 4.79 Å². The van der Waals surface area contributed by atoms with Crippen LogP contribution in [0.25, 0.3) is 0 Å². The molecular weight excluding hydrogens is 200 g/mol.